The van der Waals surface area contributed by atoms with E-state index in [1.54, 1.807) is 0 Å². The quantitative estimate of drug-likeness (QED) is 0.668. The maximum absolute atomic E-state index is 6.05. The van der Waals surface area contributed by atoms with Gasteiger partial charge in [0.15, 0.2) is 0 Å². The maximum Gasteiger partial charge on any atom is 0.0478 e. The van der Waals surface area contributed by atoms with Gasteiger partial charge in [-0.05, 0) is 35.1 Å². The SMILES string of the molecule is C=Cc1cc(C(C)(C)CCC)ccc1Cl. The van der Waals surface area contributed by atoms with E-state index in [2.05, 4.69) is 39.5 Å². The maximum atomic E-state index is 6.05. The molecule has 0 aliphatic heterocycles. The predicted octanol–water partition coefficient (Wildman–Crippen LogP) is 5.06. The first-order chi connectivity index (χ1) is 7.01. The van der Waals surface area contributed by atoms with E-state index in [-0.39, 0.29) is 5.41 Å². The van der Waals surface area contributed by atoms with Crippen LogP contribution in [0.5, 0.6) is 0 Å². The van der Waals surface area contributed by atoms with E-state index in [1.165, 1.54) is 18.4 Å². The van der Waals surface area contributed by atoms with Gasteiger partial charge in [-0.15, -0.1) is 0 Å². The van der Waals surface area contributed by atoms with Crippen molar-refractivity contribution in [2.45, 2.75) is 39.0 Å². The highest BCUT2D eigenvalue weighted by Crippen LogP contribution is 2.31. The second kappa shape index (κ2) is 4.85. The summed E-state index contributed by atoms with van der Waals surface area (Å²) in [5.41, 5.74) is 2.58. The first-order valence-corrected chi connectivity index (χ1v) is 5.81. The van der Waals surface area contributed by atoms with Crippen molar-refractivity contribution in [3.63, 3.8) is 0 Å². The van der Waals surface area contributed by atoms with Crippen LogP contribution >= 0.6 is 11.6 Å². The summed E-state index contributed by atoms with van der Waals surface area (Å²) in [5.74, 6) is 0. The molecule has 0 saturated heterocycles. The van der Waals surface area contributed by atoms with Crippen molar-refractivity contribution in [2.24, 2.45) is 0 Å². The summed E-state index contributed by atoms with van der Waals surface area (Å²) in [4.78, 5) is 0. The van der Waals surface area contributed by atoms with Crippen molar-refractivity contribution >= 4 is 17.7 Å². The monoisotopic (exact) mass is 222 g/mol. The fourth-order valence-electron chi connectivity index (χ4n) is 1.89. The van der Waals surface area contributed by atoms with Gasteiger partial charge in [-0.25, -0.2) is 0 Å². The smallest absolute Gasteiger partial charge is 0.0478 e. The zero-order chi connectivity index (χ0) is 11.5. The minimum absolute atomic E-state index is 0.219. The molecule has 1 aromatic carbocycles. The Morgan fingerprint density at radius 2 is 2.07 bits per heavy atom. The zero-order valence-corrected chi connectivity index (χ0v) is 10.6. The summed E-state index contributed by atoms with van der Waals surface area (Å²) >= 11 is 6.05. The fraction of sp³-hybridized carbons (Fsp3) is 0.429. The lowest BCUT2D eigenvalue weighted by Crippen LogP contribution is -2.16. The summed E-state index contributed by atoms with van der Waals surface area (Å²) < 4.78 is 0. The Hall–Kier alpha value is -0.750. The summed E-state index contributed by atoms with van der Waals surface area (Å²) in [6.45, 7) is 10.5. The average Bonchev–Trinajstić information content (AvgIpc) is 2.18. The molecule has 0 atom stereocenters. The molecule has 0 saturated carbocycles. The van der Waals surface area contributed by atoms with Crippen molar-refractivity contribution in [2.75, 3.05) is 0 Å². The largest absolute Gasteiger partial charge is 0.0984 e. The summed E-state index contributed by atoms with van der Waals surface area (Å²) in [7, 11) is 0. The van der Waals surface area contributed by atoms with Gasteiger partial charge < -0.3 is 0 Å². The van der Waals surface area contributed by atoms with Crippen molar-refractivity contribution in [1.29, 1.82) is 0 Å². The van der Waals surface area contributed by atoms with Crippen LogP contribution in [-0.2, 0) is 5.41 Å². The molecule has 0 N–H and O–H groups in total. The number of rotatable bonds is 4. The molecule has 0 unspecified atom stereocenters. The molecular formula is C14H19Cl. The van der Waals surface area contributed by atoms with Gasteiger partial charge >= 0.3 is 0 Å². The van der Waals surface area contributed by atoms with E-state index in [4.69, 9.17) is 11.6 Å². The van der Waals surface area contributed by atoms with Crippen molar-refractivity contribution < 1.29 is 0 Å². The second-order valence-electron chi connectivity index (χ2n) is 4.57. The zero-order valence-electron chi connectivity index (χ0n) is 9.81. The average molecular weight is 223 g/mol. The normalized spacial score (nSPS) is 11.5. The molecule has 15 heavy (non-hydrogen) atoms. The van der Waals surface area contributed by atoms with Crippen LogP contribution in [0, 0.1) is 0 Å². The van der Waals surface area contributed by atoms with Crippen LogP contribution in [0.25, 0.3) is 6.08 Å². The summed E-state index contributed by atoms with van der Waals surface area (Å²) in [6.07, 6.45) is 4.19. The molecule has 0 radical (unpaired) electrons. The van der Waals surface area contributed by atoms with Gasteiger partial charge in [0.25, 0.3) is 0 Å². The lowest BCUT2D eigenvalue weighted by Gasteiger charge is -2.25. The van der Waals surface area contributed by atoms with Crippen molar-refractivity contribution in [3.8, 4) is 0 Å². The molecule has 1 aromatic rings. The minimum Gasteiger partial charge on any atom is -0.0984 e. The van der Waals surface area contributed by atoms with E-state index in [1.807, 2.05) is 12.1 Å². The molecule has 0 heterocycles. The van der Waals surface area contributed by atoms with Crippen LogP contribution in [0.2, 0.25) is 5.02 Å². The molecular weight excluding hydrogens is 204 g/mol. The molecule has 0 fully saturated rings. The van der Waals surface area contributed by atoms with E-state index in [0.29, 0.717) is 0 Å². The molecule has 0 aliphatic carbocycles. The van der Waals surface area contributed by atoms with Gasteiger partial charge in [-0.2, -0.15) is 0 Å². The van der Waals surface area contributed by atoms with Crippen LogP contribution in [0.1, 0.15) is 44.7 Å². The van der Waals surface area contributed by atoms with Gasteiger partial charge in [0.05, 0.1) is 0 Å². The Balaban J connectivity index is 3.10. The van der Waals surface area contributed by atoms with Crippen molar-refractivity contribution in [3.05, 3.63) is 40.9 Å². The first-order valence-electron chi connectivity index (χ1n) is 5.43. The van der Waals surface area contributed by atoms with E-state index in [0.717, 1.165) is 10.6 Å². The lowest BCUT2D eigenvalue weighted by molar-refractivity contribution is 0.473. The minimum atomic E-state index is 0.219. The summed E-state index contributed by atoms with van der Waals surface area (Å²) in [5, 5.41) is 0.779. The highest BCUT2D eigenvalue weighted by molar-refractivity contribution is 6.32. The standard InChI is InChI=1S/C14H19Cl/c1-5-9-14(3,4)12-7-8-13(15)11(6-2)10-12/h6-8,10H,2,5,9H2,1,3-4H3. The van der Waals surface area contributed by atoms with E-state index in [9.17, 15) is 0 Å². The van der Waals surface area contributed by atoms with Crippen LogP contribution in [0.15, 0.2) is 24.8 Å². The fourth-order valence-corrected chi connectivity index (χ4v) is 2.09. The third kappa shape index (κ3) is 2.85. The van der Waals surface area contributed by atoms with Gasteiger partial charge in [-0.1, -0.05) is 57.5 Å². The molecule has 1 rings (SSSR count). The van der Waals surface area contributed by atoms with Crippen LogP contribution in [0.4, 0.5) is 0 Å². The van der Waals surface area contributed by atoms with Crippen LogP contribution in [0.3, 0.4) is 0 Å². The molecule has 82 valence electrons. The highest BCUT2D eigenvalue weighted by Gasteiger charge is 2.19. The first kappa shape index (κ1) is 12.3. The summed E-state index contributed by atoms with van der Waals surface area (Å²) in [6, 6.07) is 6.22. The lowest BCUT2D eigenvalue weighted by atomic mass is 9.80. The third-order valence-electron chi connectivity index (χ3n) is 2.87. The molecule has 0 bridgehead atoms. The van der Waals surface area contributed by atoms with Gasteiger partial charge in [-0.3, -0.25) is 0 Å². The number of hydrogen-bond acceptors (Lipinski definition) is 0. The Morgan fingerprint density at radius 3 is 2.60 bits per heavy atom. The number of hydrogen-bond donors (Lipinski definition) is 0. The Bertz CT molecular complexity index is 350. The van der Waals surface area contributed by atoms with Gasteiger partial charge in [0.1, 0.15) is 0 Å². The molecule has 0 aliphatic rings. The Morgan fingerprint density at radius 1 is 1.40 bits per heavy atom. The van der Waals surface area contributed by atoms with E-state index >= 15 is 0 Å². The highest BCUT2D eigenvalue weighted by atomic mass is 35.5. The second-order valence-corrected chi connectivity index (χ2v) is 4.98. The molecule has 1 heteroatoms. The van der Waals surface area contributed by atoms with Crippen LogP contribution in [-0.4, -0.2) is 0 Å². The topological polar surface area (TPSA) is 0 Å². The van der Waals surface area contributed by atoms with Gasteiger partial charge in [0.2, 0.25) is 0 Å². The Labute approximate surface area is 98.0 Å². The van der Waals surface area contributed by atoms with E-state index < -0.39 is 0 Å². The molecule has 0 aromatic heterocycles. The third-order valence-corrected chi connectivity index (χ3v) is 3.22. The Kier molecular flexibility index (Phi) is 3.98. The molecule has 0 amide bonds. The number of benzene rings is 1. The van der Waals surface area contributed by atoms with Crippen LogP contribution < -0.4 is 0 Å². The molecule has 0 spiro atoms. The van der Waals surface area contributed by atoms with Gasteiger partial charge in [0, 0.05) is 5.02 Å². The van der Waals surface area contributed by atoms with Crippen molar-refractivity contribution in [1.82, 2.24) is 0 Å². The molecule has 0 nitrogen and oxygen atoms in total. The number of halogens is 1. The predicted molar refractivity (Wildman–Crippen MR) is 69.5 cm³/mol.